The van der Waals surface area contributed by atoms with Crippen LogP contribution in [0.4, 0.5) is 20.2 Å². The summed E-state index contributed by atoms with van der Waals surface area (Å²) in [6.07, 6.45) is 1.01. The summed E-state index contributed by atoms with van der Waals surface area (Å²) in [6, 6.07) is 13.4. The van der Waals surface area contributed by atoms with Gasteiger partial charge in [-0.2, -0.15) is 0 Å². The van der Waals surface area contributed by atoms with Crippen molar-refractivity contribution in [3.8, 4) is 0 Å². The van der Waals surface area contributed by atoms with Gasteiger partial charge in [0.2, 0.25) is 0 Å². The summed E-state index contributed by atoms with van der Waals surface area (Å²) in [5, 5.41) is 0. The Bertz CT molecular complexity index is 844. The molecule has 0 atom stereocenters. The van der Waals surface area contributed by atoms with Crippen LogP contribution in [-0.4, -0.2) is 55.6 Å². The molecule has 156 valence electrons. The Balaban J connectivity index is 1.51. The number of halogens is 2. The summed E-state index contributed by atoms with van der Waals surface area (Å²) in [4.78, 5) is 9.48. The van der Waals surface area contributed by atoms with E-state index in [1.54, 1.807) is 23.9 Å². The van der Waals surface area contributed by atoms with Gasteiger partial charge in [0.15, 0.2) is 0 Å². The molecule has 2 aliphatic rings. The molecule has 0 unspecified atom stereocenters. The molecule has 29 heavy (non-hydrogen) atoms. The van der Waals surface area contributed by atoms with Crippen molar-refractivity contribution in [2.75, 3.05) is 50.7 Å². The minimum absolute atomic E-state index is 0.0805. The maximum Gasteiger partial charge on any atom is 0.270 e. The summed E-state index contributed by atoms with van der Waals surface area (Å²) in [7, 11) is 0. The van der Waals surface area contributed by atoms with Gasteiger partial charge < -0.3 is 14.7 Å². The van der Waals surface area contributed by atoms with E-state index in [0.29, 0.717) is 0 Å². The zero-order valence-electron chi connectivity index (χ0n) is 17.2. The number of rotatable bonds is 6. The van der Waals surface area contributed by atoms with Crippen LogP contribution in [0.15, 0.2) is 52.3 Å². The normalized spacial score (nSPS) is 17.9. The van der Waals surface area contributed by atoms with E-state index in [0.717, 1.165) is 75.4 Å². The molecule has 1 fully saturated rings. The lowest BCUT2D eigenvalue weighted by atomic mass is 10.1. The first-order valence-electron chi connectivity index (χ1n) is 10.5. The third-order valence-electron chi connectivity index (χ3n) is 5.90. The maximum atomic E-state index is 14.0. The van der Waals surface area contributed by atoms with E-state index < -0.39 is 5.92 Å². The van der Waals surface area contributed by atoms with Gasteiger partial charge >= 0.3 is 0 Å². The number of anilines is 2. The summed E-state index contributed by atoms with van der Waals surface area (Å²) < 4.78 is 27.9. The molecule has 0 amide bonds. The lowest BCUT2D eigenvalue weighted by Gasteiger charge is -2.36. The Kier molecular flexibility index (Phi) is 6.13. The smallest absolute Gasteiger partial charge is 0.270 e. The lowest BCUT2D eigenvalue weighted by molar-refractivity contribution is 0.0174. The molecule has 0 aliphatic carbocycles. The molecule has 0 N–H and O–H groups in total. The summed E-state index contributed by atoms with van der Waals surface area (Å²) in [6.45, 7) is 10.7. The van der Waals surface area contributed by atoms with Crippen molar-refractivity contribution in [1.29, 1.82) is 0 Å². The summed E-state index contributed by atoms with van der Waals surface area (Å²) >= 11 is 1.67. The second-order valence-corrected chi connectivity index (χ2v) is 9.01. The zero-order valence-corrected chi connectivity index (χ0v) is 18.0. The quantitative estimate of drug-likeness (QED) is 0.620. The van der Waals surface area contributed by atoms with Crippen molar-refractivity contribution in [3.63, 3.8) is 0 Å². The van der Waals surface area contributed by atoms with E-state index in [-0.39, 0.29) is 5.56 Å². The molecule has 1 saturated heterocycles. The van der Waals surface area contributed by atoms with Gasteiger partial charge in [-0.25, -0.2) is 8.78 Å². The monoisotopic (exact) mass is 417 g/mol. The van der Waals surface area contributed by atoms with Crippen molar-refractivity contribution in [1.82, 2.24) is 9.80 Å². The largest absolute Gasteiger partial charge is 0.340 e. The molecule has 0 spiro atoms. The van der Waals surface area contributed by atoms with Gasteiger partial charge in [0.1, 0.15) is 0 Å². The first-order valence-corrected chi connectivity index (χ1v) is 11.3. The number of hydrogen-bond donors (Lipinski definition) is 0. The van der Waals surface area contributed by atoms with E-state index in [2.05, 4.69) is 33.8 Å². The molecule has 2 aromatic rings. The Labute approximate surface area is 176 Å². The fraction of sp³-hybridized carbons (Fsp3) is 0.478. The first kappa shape index (κ1) is 20.6. The van der Waals surface area contributed by atoms with E-state index in [4.69, 9.17) is 0 Å². The van der Waals surface area contributed by atoms with Crippen LogP contribution in [0.1, 0.15) is 25.8 Å². The number of benzene rings is 2. The SMILES string of the molecule is CCN1CCN(CCCN2c3ccccc3Sc3ccc(C(C)(F)F)cc32)CC1. The molecule has 6 heteroatoms. The van der Waals surface area contributed by atoms with E-state index >= 15 is 0 Å². The van der Waals surface area contributed by atoms with Crippen LogP contribution < -0.4 is 4.90 Å². The van der Waals surface area contributed by atoms with Gasteiger partial charge in [0, 0.05) is 55.0 Å². The van der Waals surface area contributed by atoms with Crippen LogP contribution in [0, 0.1) is 0 Å². The van der Waals surface area contributed by atoms with Crippen molar-refractivity contribution in [2.45, 2.75) is 36.0 Å². The zero-order chi connectivity index (χ0) is 20.4. The Morgan fingerprint density at radius 2 is 1.59 bits per heavy atom. The van der Waals surface area contributed by atoms with Gasteiger partial charge in [-0.05, 0) is 43.8 Å². The average Bonchev–Trinajstić information content (AvgIpc) is 2.72. The third-order valence-corrected chi connectivity index (χ3v) is 7.03. The number of hydrogen-bond acceptors (Lipinski definition) is 4. The Hall–Kier alpha value is -1.63. The van der Waals surface area contributed by atoms with Crippen LogP contribution in [0.2, 0.25) is 0 Å². The molecule has 0 aromatic heterocycles. The molecule has 0 radical (unpaired) electrons. The molecule has 2 aliphatic heterocycles. The second kappa shape index (κ2) is 8.62. The van der Waals surface area contributed by atoms with Crippen LogP contribution in [0.5, 0.6) is 0 Å². The molecule has 4 rings (SSSR count). The Morgan fingerprint density at radius 3 is 2.31 bits per heavy atom. The minimum Gasteiger partial charge on any atom is -0.340 e. The van der Waals surface area contributed by atoms with E-state index in [1.807, 2.05) is 18.2 Å². The van der Waals surface area contributed by atoms with Crippen molar-refractivity contribution < 1.29 is 8.78 Å². The van der Waals surface area contributed by atoms with Crippen molar-refractivity contribution in [3.05, 3.63) is 48.0 Å². The van der Waals surface area contributed by atoms with Gasteiger partial charge in [0.25, 0.3) is 5.92 Å². The molecule has 2 aromatic carbocycles. The van der Waals surface area contributed by atoms with Crippen molar-refractivity contribution >= 4 is 23.1 Å². The predicted octanol–water partition coefficient (Wildman–Crippen LogP) is 5.43. The molecule has 0 saturated carbocycles. The highest BCUT2D eigenvalue weighted by atomic mass is 32.2. The number of likely N-dealkylation sites (N-methyl/N-ethyl adjacent to an activating group) is 1. The minimum atomic E-state index is -2.83. The molecular formula is C23H29F2N3S. The number of alkyl halides is 2. The second-order valence-electron chi connectivity index (χ2n) is 7.92. The standard InChI is InChI=1S/C23H29F2N3S/c1-3-26-13-15-27(16-14-26)11-6-12-28-19-7-4-5-8-21(19)29-22-10-9-18(17-20(22)28)23(2,24)25/h4-5,7-10,17H,3,6,11-16H2,1-2H3. The molecule has 3 nitrogen and oxygen atoms in total. The van der Waals surface area contributed by atoms with Gasteiger partial charge in [-0.15, -0.1) is 0 Å². The Morgan fingerprint density at radius 1 is 0.897 bits per heavy atom. The number of piperazine rings is 1. The first-order chi connectivity index (χ1) is 14.0. The summed E-state index contributed by atoms with van der Waals surface area (Å²) in [5.41, 5.74) is 2.11. The highest BCUT2D eigenvalue weighted by molar-refractivity contribution is 7.99. The van der Waals surface area contributed by atoms with E-state index in [9.17, 15) is 8.78 Å². The van der Waals surface area contributed by atoms with Gasteiger partial charge in [-0.1, -0.05) is 36.9 Å². The van der Waals surface area contributed by atoms with Crippen LogP contribution in [0.25, 0.3) is 0 Å². The van der Waals surface area contributed by atoms with E-state index in [1.165, 1.54) is 4.90 Å². The average molecular weight is 418 g/mol. The number of para-hydroxylation sites is 1. The predicted molar refractivity (Wildman–Crippen MR) is 117 cm³/mol. The fourth-order valence-electron chi connectivity index (χ4n) is 4.12. The molecule has 0 bridgehead atoms. The topological polar surface area (TPSA) is 9.72 Å². The lowest BCUT2D eigenvalue weighted by Crippen LogP contribution is -2.46. The highest BCUT2D eigenvalue weighted by Gasteiger charge is 2.29. The van der Waals surface area contributed by atoms with Gasteiger partial charge in [0.05, 0.1) is 11.4 Å². The molecular weight excluding hydrogens is 388 g/mol. The summed E-state index contributed by atoms with van der Waals surface area (Å²) in [5.74, 6) is -2.83. The van der Waals surface area contributed by atoms with Crippen LogP contribution in [0.3, 0.4) is 0 Å². The van der Waals surface area contributed by atoms with Crippen LogP contribution >= 0.6 is 11.8 Å². The van der Waals surface area contributed by atoms with Crippen molar-refractivity contribution in [2.24, 2.45) is 0 Å². The van der Waals surface area contributed by atoms with Gasteiger partial charge in [-0.3, -0.25) is 0 Å². The maximum absolute atomic E-state index is 14.0. The number of fused-ring (bicyclic) bond motifs is 2. The third kappa shape index (κ3) is 4.60. The molecule has 2 heterocycles. The fourth-order valence-corrected chi connectivity index (χ4v) is 5.20. The number of nitrogens with zero attached hydrogens (tertiary/aromatic N) is 3. The highest BCUT2D eigenvalue weighted by Crippen LogP contribution is 2.49. The van der Waals surface area contributed by atoms with Crippen LogP contribution in [-0.2, 0) is 5.92 Å².